The molecule has 5 aliphatic carbocycles. The lowest BCUT2D eigenvalue weighted by atomic mass is 9.36. The van der Waals surface area contributed by atoms with Crippen molar-refractivity contribution in [3.05, 3.63) is 0 Å². The van der Waals surface area contributed by atoms with Crippen LogP contribution in [-0.2, 0) is 0 Å². The molecule has 1 N–H and O–H groups in total. The molecule has 0 heterocycles. The largest absolute Gasteiger partial charge is 0.393 e. The van der Waals surface area contributed by atoms with Gasteiger partial charge in [-0.3, -0.25) is 0 Å². The summed E-state index contributed by atoms with van der Waals surface area (Å²) in [6.07, 6.45) is 9.75. The van der Waals surface area contributed by atoms with Crippen molar-refractivity contribution in [3.63, 3.8) is 0 Å². The molecule has 5 rings (SSSR count). The van der Waals surface area contributed by atoms with Crippen LogP contribution in [0.2, 0.25) is 0 Å². The van der Waals surface area contributed by atoms with E-state index in [0.717, 1.165) is 42.4 Å². The minimum Gasteiger partial charge on any atom is -0.393 e. The first-order valence-corrected chi connectivity index (χ1v) is 11.3. The van der Waals surface area contributed by atoms with E-state index < -0.39 is 6.17 Å². The van der Waals surface area contributed by atoms with Crippen LogP contribution in [0.25, 0.3) is 0 Å². The van der Waals surface area contributed by atoms with Gasteiger partial charge in [-0.15, -0.1) is 0 Å². The lowest BCUT2D eigenvalue weighted by molar-refractivity contribution is -0.250. The standard InChI is InChI=1S/C23H37FO/c1-12-4-6-16-15(10-12)5-7-17-18(16)11-21-22(24)13(2)23(21)19(14(3)25)8-9-20(17)23/h12-22,25H,4-11H2,1-3H3/t12?,13?,14?,15-,16?,17?,18-,19?,20+,21?,22?,23?/m1/s1. The van der Waals surface area contributed by atoms with Crippen LogP contribution >= 0.6 is 0 Å². The van der Waals surface area contributed by atoms with Crippen LogP contribution in [0.15, 0.2) is 0 Å². The molecule has 0 radical (unpaired) electrons. The van der Waals surface area contributed by atoms with Gasteiger partial charge in [0.25, 0.3) is 0 Å². The molecule has 0 saturated heterocycles. The van der Waals surface area contributed by atoms with Gasteiger partial charge in [-0.05, 0) is 111 Å². The van der Waals surface area contributed by atoms with Crippen molar-refractivity contribution < 1.29 is 9.50 Å². The highest BCUT2D eigenvalue weighted by molar-refractivity contribution is 5.21. The molecule has 12 atom stereocenters. The SMILES string of the molecule is CC1CCC2[C@H](CCC3[C@@H]2CC2C(F)C(C)C24C(C(C)O)CC[C@@H]34)C1. The molecule has 5 fully saturated rings. The Bertz CT molecular complexity index is 532. The second-order valence-electron chi connectivity index (χ2n) is 10.9. The van der Waals surface area contributed by atoms with Gasteiger partial charge in [-0.1, -0.05) is 20.3 Å². The van der Waals surface area contributed by atoms with Crippen molar-refractivity contribution in [3.8, 4) is 0 Å². The first kappa shape index (κ1) is 17.0. The van der Waals surface area contributed by atoms with Gasteiger partial charge >= 0.3 is 0 Å². The number of aliphatic hydroxyl groups excluding tert-OH is 1. The number of rotatable bonds is 1. The summed E-state index contributed by atoms with van der Waals surface area (Å²) in [5.74, 6) is 5.86. The Morgan fingerprint density at radius 1 is 0.880 bits per heavy atom. The molecule has 0 amide bonds. The molecular formula is C23H37FO. The average Bonchev–Trinajstić information content (AvgIpc) is 3.02. The molecule has 1 nitrogen and oxygen atoms in total. The van der Waals surface area contributed by atoms with E-state index in [1.807, 2.05) is 6.92 Å². The highest BCUT2D eigenvalue weighted by Crippen LogP contribution is 2.75. The van der Waals surface area contributed by atoms with Crippen LogP contribution < -0.4 is 0 Å². The first-order chi connectivity index (χ1) is 12.0. The van der Waals surface area contributed by atoms with E-state index >= 15 is 4.39 Å². The monoisotopic (exact) mass is 348 g/mol. The molecule has 1 spiro atoms. The topological polar surface area (TPSA) is 20.2 Å². The van der Waals surface area contributed by atoms with E-state index in [4.69, 9.17) is 0 Å². The van der Waals surface area contributed by atoms with E-state index in [0.29, 0.717) is 11.8 Å². The fourth-order valence-electron chi connectivity index (χ4n) is 9.55. The molecule has 142 valence electrons. The third-order valence-corrected chi connectivity index (χ3v) is 10.3. The Kier molecular flexibility index (Phi) is 3.88. The van der Waals surface area contributed by atoms with Gasteiger partial charge in [0.05, 0.1) is 6.10 Å². The third kappa shape index (κ3) is 2.04. The quantitative estimate of drug-likeness (QED) is 0.666. The summed E-state index contributed by atoms with van der Waals surface area (Å²) in [5.41, 5.74) is 0.142. The summed E-state index contributed by atoms with van der Waals surface area (Å²) in [4.78, 5) is 0. The minimum absolute atomic E-state index is 0.142. The second-order valence-corrected chi connectivity index (χ2v) is 10.9. The van der Waals surface area contributed by atoms with E-state index in [1.165, 1.54) is 38.5 Å². The van der Waals surface area contributed by atoms with Crippen LogP contribution in [0, 0.1) is 58.7 Å². The zero-order valence-corrected chi connectivity index (χ0v) is 16.3. The van der Waals surface area contributed by atoms with Gasteiger partial charge in [-0.25, -0.2) is 4.39 Å². The zero-order chi connectivity index (χ0) is 17.5. The van der Waals surface area contributed by atoms with E-state index in [-0.39, 0.29) is 23.4 Å². The van der Waals surface area contributed by atoms with Crippen molar-refractivity contribution in [2.24, 2.45) is 58.7 Å². The van der Waals surface area contributed by atoms with Crippen molar-refractivity contribution in [1.82, 2.24) is 0 Å². The van der Waals surface area contributed by atoms with Crippen LogP contribution in [0.3, 0.4) is 0 Å². The van der Waals surface area contributed by atoms with Crippen LogP contribution in [0.1, 0.15) is 72.1 Å². The predicted molar refractivity (Wildman–Crippen MR) is 98.7 cm³/mol. The predicted octanol–water partition coefficient (Wildman–Crippen LogP) is 5.47. The van der Waals surface area contributed by atoms with Crippen molar-refractivity contribution >= 4 is 0 Å². The number of alkyl halides is 1. The molecule has 0 aliphatic heterocycles. The Balaban J connectivity index is 1.48. The van der Waals surface area contributed by atoms with Crippen molar-refractivity contribution in [2.45, 2.75) is 84.4 Å². The van der Waals surface area contributed by atoms with Crippen molar-refractivity contribution in [2.75, 3.05) is 0 Å². The molecule has 0 aromatic heterocycles. The minimum atomic E-state index is -0.606. The van der Waals surface area contributed by atoms with Crippen molar-refractivity contribution in [1.29, 1.82) is 0 Å². The highest BCUT2D eigenvalue weighted by atomic mass is 19.1. The van der Waals surface area contributed by atoms with Crippen LogP contribution in [0.4, 0.5) is 4.39 Å². The van der Waals surface area contributed by atoms with E-state index in [1.54, 1.807) is 0 Å². The lowest BCUT2D eigenvalue weighted by Crippen LogP contribution is -2.68. The maximum atomic E-state index is 15.1. The second kappa shape index (κ2) is 5.69. The van der Waals surface area contributed by atoms with Crippen LogP contribution in [-0.4, -0.2) is 17.4 Å². The van der Waals surface area contributed by atoms with Gasteiger partial charge < -0.3 is 5.11 Å². The number of hydrogen-bond donors (Lipinski definition) is 1. The van der Waals surface area contributed by atoms with Crippen LogP contribution in [0.5, 0.6) is 0 Å². The average molecular weight is 349 g/mol. The van der Waals surface area contributed by atoms with Gasteiger partial charge in [0.1, 0.15) is 6.17 Å². The zero-order valence-electron chi connectivity index (χ0n) is 16.3. The number of fused-ring (bicyclic) bond motifs is 4. The van der Waals surface area contributed by atoms with E-state index in [2.05, 4.69) is 13.8 Å². The molecule has 2 heteroatoms. The van der Waals surface area contributed by atoms with Gasteiger partial charge in [-0.2, -0.15) is 0 Å². The molecular weight excluding hydrogens is 311 g/mol. The number of hydrogen-bond acceptors (Lipinski definition) is 1. The lowest BCUT2D eigenvalue weighted by Gasteiger charge is -2.69. The Labute approximate surface area is 153 Å². The Morgan fingerprint density at radius 3 is 2.40 bits per heavy atom. The molecule has 0 aromatic rings. The Hall–Kier alpha value is -0.110. The highest BCUT2D eigenvalue weighted by Gasteiger charge is 2.73. The first-order valence-electron chi connectivity index (χ1n) is 11.3. The molecule has 0 bridgehead atoms. The fraction of sp³-hybridized carbons (Fsp3) is 1.00. The maximum Gasteiger partial charge on any atom is 0.107 e. The summed E-state index contributed by atoms with van der Waals surface area (Å²) in [7, 11) is 0. The summed E-state index contributed by atoms with van der Waals surface area (Å²) in [6, 6.07) is 0. The normalized spacial score (nSPS) is 61.3. The Morgan fingerprint density at radius 2 is 1.64 bits per heavy atom. The summed E-state index contributed by atoms with van der Waals surface area (Å²) in [5, 5.41) is 10.5. The van der Waals surface area contributed by atoms with Gasteiger partial charge in [0, 0.05) is 0 Å². The summed E-state index contributed by atoms with van der Waals surface area (Å²) in [6.45, 7) is 6.58. The molecule has 25 heavy (non-hydrogen) atoms. The molecule has 0 aromatic carbocycles. The molecule has 5 saturated carbocycles. The third-order valence-electron chi connectivity index (χ3n) is 10.3. The van der Waals surface area contributed by atoms with Gasteiger partial charge in [0.15, 0.2) is 0 Å². The smallest absolute Gasteiger partial charge is 0.107 e. The number of aliphatic hydroxyl groups is 1. The summed E-state index contributed by atoms with van der Waals surface area (Å²) < 4.78 is 15.1. The molecule has 5 aliphatic rings. The molecule has 9 unspecified atom stereocenters. The number of halogens is 1. The maximum absolute atomic E-state index is 15.1. The van der Waals surface area contributed by atoms with Gasteiger partial charge in [0.2, 0.25) is 0 Å². The summed E-state index contributed by atoms with van der Waals surface area (Å²) >= 11 is 0. The fourth-order valence-corrected chi connectivity index (χ4v) is 9.55. The van der Waals surface area contributed by atoms with E-state index in [9.17, 15) is 5.11 Å².